The van der Waals surface area contributed by atoms with Crippen LogP contribution in [0.2, 0.25) is 0 Å². The smallest absolute Gasteiger partial charge is 0.415 e. The number of likely N-dealkylation sites (N-methyl/N-ethyl adjacent to an activating group) is 1. The Balaban J connectivity index is 1.50. The average Bonchev–Trinajstić information content (AvgIpc) is 3.27. The number of rotatable bonds is 5. The van der Waals surface area contributed by atoms with E-state index in [1.807, 2.05) is 6.92 Å². The number of carbonyl (C=O) groups excluding carboxylic acids is 3. The Labute approximate surface area is 236 Å². The lowest BCUT2D eigenvalue weighted by molar-refractivity contribution is -0.172. The van der Waals surface area contributed by atoms with E-state index in [0.29, 0.717) is 23.3 Å². The number of hydrogen-bond donors (Lipinski definition) is 1. The minimum atomic E-state index is -1.90. The van der Waals surface area contributed by atoms with Gasteiger partial charge in [0.15, 0.2) is 5.60 Å². The van der Waals surface area contributed by atoms with Crippen LogP contribution in [-0.4, -0.2) is 56.8 Å². The Kier molecular flexibility index (Phi) is 6.89. The number of cyclic esters (lactones) is 1. The Morgan fingerprint density at radius 2 is 1.90 bits per heavy atom. The zero-order chi connectivity index (χ0) is 29.9. The summed E-state index contributed by atoms with van der Waals surface area (Å²) in [5, 5.41) is 11.9. The zero-order valence-electron chi connectivity index (χ0n) is 24.0. The molecular weight excluding hydrogens is 530 g/mol. The van der Waals surface area contributed by atoms with Gasteiger partial charge in [-0.1, -0.05) is 13.8 Å². The minimum absolute atomic E-state index is 0.0639. The highest BCUT2D eigenvalue weighted by Crippen LogP contribution is 2.40. The first-order valence-electron chi connectivity index (χ1n) is 13.5. The maximum absolute atomic E-state index is 13.5. The lowest BCUT2D eigenvalue weighted by Crippen LogP contribution is -2.44. The van der Waals surface area contributed by atoms with E-state index in [0.717, 1.165) is 21.4 Å². The Hall–Kier alpha value is -4.25. The highest BCUT2D eigenvalue weighted by molar-refractivity contribution is 5.90. The Morgan fingerprint density at radius 3 is 2.56 bits per heavy atom. The van der Waals surface area contributed by atoms with Crippen LogP contribution in [0, 0.1) is 0 Å². The molecule has 0 spiro atoms. The first kappa shape index (κ1) is 28.3. The molecular formula is C30H33N3O8. The quantitative estimate of drug-likeness (QED) is 0.362. The molecule has 2 aromatic heterocycles. The summed E-state index contributed by atoms with van der Waals surface area (Å²) in [6.45, 7) is 8.70. The van der Waals surface area contributed by atoms with Crippen LogP contribution in [0.5, 0.6) is 5.75 Å². The van der Waals surface area contributed by atoms with Crippen molar-refractivity contribution in [1.29, 1.82) is 0 Å². The van der Waals surface area contributed by atoms with Crippen LogP contribution in [0.1, 0.15) is 63.3 Å². The molecule has 4 heterocycles. The molecule has 0 saturated heterocycles. The third-order valence-corrected chi connectivity index (χ3v) is 7.43. The number of aliphatic hydroxyl groups is 1. The highest BCUT2D eigenvalue weighted by Gasteiger charge is 2.45. The van der Waals surface area contributed by atoms with Gasteiger partial charge in [-0.25, -0.2) is 14.6 Å². The van der Waals surface area contributed by atoms with Gasteiger partial charge in [-0.2, -0.15) is 0 Å². The van der Waals surface area contributed by atoms with E-state index in [1.54, 1.807) is 56.5 Å². The molecule has 11 heteroatoms. The lowest BCUT2D eigenvalue weighted by Gasteiger charge is -2.31. The molecule has 0 radical (unpaired) electrons. The van der Waals surface area contributed by atoms with Gasteiger partial charge in [-0.3, -0.25) is 14.5 Å². The topological polar surface area (TPSA) is 137 Å². The summed E-state index contributed by atoms with van der Waals surface area (Å²) in [4.78, 5) is 56.7. The van der Waals surface area contributed by atoms with Crippen molar-refractivity contribution in [2.75, 3.05) is 13.6 Å². The van der Waals surface area contributed by atoms with E-state index in [1.165, 1.54) is 7.05 Å². The zero-order valence-corrected chi connectivity index (χ0v) is 24.0. The van der Waals surface area contributed by atoms with Crippen LogP contribution < -0.4 is 10.3 Å². The molecule has 1 N–H and O–H groups in total. The van der Waals surface area contributed by atoms with Gasteiger partial charge in [0.2, 0.25) is 0 Å². The number of aromatic nitrogens is 2. The number of esters is 2. The first-order chi connectivity index (χ1) is 19.3. The van der Waals surface area contributed by atoms with Gasteiger partial charge in [0.05, 0.1) is 29.0 Å². The molecule has 5 rings (SSSR count). The number of amides is 1. The monoisotopic (exact) mass is 563 g/mol. The van der Waals surface area contributed by atoms with Crippen LogP contribution >= 0.6 is 0 Å². The second-order valence-corrected chi connectivity index (χ2v) is 11.4. The van der Waals surface area contributed by atoms with Gasteiger partial charge in [-0.05, 0) is 63.4 Å². The summed E-state index contributed by atoms with van der Waals surface area (Å²) < 4.78 is 17.6. The normalized spacial score (nSPS) is 17.4. The predicted molar refractivity (Wildman–Crippen MR) is 148 cm³/mol. The van der Waals surface area contributed by atoms with Crippen molar-refractivity contribution in [3.05, 3.63) is 56.9 Å². The molecule has 2 aliphatic rings. The summed E-state index contributed by atoms with van der Waals surface area (Å²) in [5.41, 5.74) is 1.17. The van der Waals surface area contributed by atoms with Gasteiger partial charge < -0.3 is 23.9 Å². The molecule has 1 atom stereocenters. The molecule has 1 aromatic carbocycles. The average molecular weight is 564 g/mol. The van der Waals surface area contributed by atoms with Crippen molar-refractivity contribution in [2.45, 2.75) is 71.8 Å². The number of aryl methyl sites for hydroxylation is 1. The van der Waals surface area contributed by atoms with Gasteiger partial charge in [0.25, 0.3) is 5.56 Å². The molecule has 2 aliphatic heterocycles. The van der Waals surface area contributed by atoms with E-state index < -0.39 is 29.2 Å². The summed E-state index contributed by atoms with van der Waals surface area (Å²) in [7, 11) is 1.45. The first-order valence-corrected chi connectivity index (χ1v) is 13.5. The molecule has 0 fully saturated rings. The fourth-order valence-electron chi connectivity index (χ4n) is 5.42. The summed E-state index contributed by atoms with van der Waals surface area (Å²) in [6, 6.07) is 6.74. The number of carbonyl (C=O) groups is 3. The number of ether oxygens (including phenoxy) is 3. The molecule has 1 amide bonds. The molecule has 11 nitrogen and oxygen atoms in total. The number of nitrogens with zero attached hydrogens (tertiary/aromatic N) is 3. The van der Waals surface area contributed by atoms with Crippen molar-refractivity contribution >= 4 is 28.9 Å². The summed E-state index contributed by atoms with van der Waals surface area (Å²) in [6.07, 6.45) is -0.0404. The van der Waals surface area contributed by atoms with Crippen molar-refractivity contribution in [2.24, 2.45) is 0 Å². The van der Waals surface area contributed by atoms with E-state index in [4.69, 9.17) is 19.2 Å². The summed E-state index contributed by atoms with van der Waals surface area (Å²) >= 11 is 0. The van der Waals surface area contributed by atoms with Gasteiger partial charge in [0.1, 0.15) is 24.5 Å². The molecule has 0 bridgehead atoms. The van der Waals surface area contributed by atoms with E-state index in [-0.39, 0.29) is 48.6 Å². The summed E-state index contributed by atoms with van der Waals surface area (Å²) in [5.74, 6) is -1.04. The van der Waals surface area contributed by atoms with Crippen LogP contribution in [0.3, 0.4) is 0 Å². The highest BCUT2D eigenvalue weighted by atomic mass is 16.6. The van der Waals surface area contributed by atoms with Crippen LogP contribution in [0.15, 0.2) is 29.1 Å². The number of fused-ring (bicyclic) bond motifs is 5. The largest absolute Gasteiger partial charge is 0.459 e. The number of pyridine rings is 2. The predicted octanol–water partition coefficient (Wildman–Crippen LogP) is 3.41. The van der Waals surface area contributed by atoms with Crippen molar-refractivity contribution in [3.63, 3.8) is 0 Å². The second kappa shape index (κ2) is 9.99. The molecule has 0 unspecified atom stereocenters. The minimum Gasteiger partial charge on any atom is -0.459 e. The van der Waals surface area contributed by atoms with E-state index >= 15 is 0 Å². The van der Waals surface area contributed by atoms with Gasteiger partial charge in [0, 0.05) is 23.6 Å². The number of benzene rings is 1. The Bertz CT molecular complexity index is 1670. The fourth-order valence-corrected chi connectivity index (χ4v) is 5.42. The maximum atomic E-state index is 13.5. The lowest BCUT2D eigenvalue weighted by atomic mass is 9.86. The fraction of sp³-hybridized carbons (Fsp3) is 0.433. The van der Waals surface area contributed by atoms with Crippen LogP contribution in [0.25, 0.3) is 22.3 Å². The second-order valence-electron chi connectivity index (χ2n) is 11.4. The third kappa shape index (κ3) is 4.84. The van der Waals surface area contributed by atoms with Crippen molar-refractivity contribution in [1.82, 2.24) is 14.5 Å². The van der Waals surface area contributed by atoms with Crippen molar-refractivity contribution in [3.8, 4) is 17.1 Å². The molecule has 41 heavy (non-hydrogen) atoms. The number of hydrogen-bond acceptors (Lipinski definition) is 9. The molecule has 3 aromatic rings. The maximum Gasteiger partial charge on any atom is 0.415 e. The SMILES string of the molecule is CCc1c2c(nc3ccc(OC(=O)N(C)CC(=O)OC(C)(C)C)cc13)-c1cc3c(c(=O)n1C2)COC(=O)[C@]3(O)CC. The molecule has 0 aliphatic carbocycles. The van der Waals surface area contributed by atoms with Crippen LogP contribution in [-0.2, 0) is 44.2 Å². The van der Waals surface area contributed by atoms with Gasteiger partial charge >= 0.3 is 18.0 Å². The van der Waals surface area contributed by atoms with Crippen molar-refractivity contribution < 1.29 is 33.7 Å². The third-order valence-electron chi connectivity index (χ3n) is 7.43. The van der Waals surface area contributed by atoms with E-state index in [9.17, 15) is 24.3 Å². The van der Waals surface area contributed by atoms with E-state index in [2.05, 4.69) is 0 Å². The molecule has 216 valence electrons. The standard InChI is InChI=1S/C30H33N3O8/c1-7-17-18-11-16(40-28(37)32(6)14-24(34)41-29(3,4)5)9-10-22(18)31-25-19(17)13-33-23(25)12-21-20(26(33)35)15-39-27(36)30(21,38)8-2/h9-12,38H,7-8,13-15H2,1-6H3/t30-/m0/s1. The Morgan fingerprint density at radius 1 is 1.17 bits per heavy atom. The molecule has 0 saturated carbocycles. The van der Waals surface area contributed by atoms with Crippen LogP contribution in [0.4, 0.5) is 4.79 Å². The van der Waals surface area contributed by atoms with Gasteiger partial charge in [-0.15, -0.1) is 0 Å².